The van der Waals surface area contributed by atoms with Gasteiger partial charge in [0.05, 0.1) is 6.61 Å². The molecular weight excluding hydrogens is 230 g/mol. The first kappa shape index (κ1) is 14.5. The van der Waals surface area contributed by atoms with Crippen LogP contribution in [-0.4, -0.2) is 18.7 Å². The molecule has 100 valence electrons. The largest absolute Gasteiger partial charge is 0.479 e. The number of esters is 1. The second kappa shape index (κ2) is 6.40. The van der Waals surface area contributed by atoms with Crippen LogP contribution in [0.5, 0.6) is 5.75 Å². The highest BCUT2D eigenvalue weighted by molar-refractivity contribution is 5.74. The van der Waals surface area contributed by atoms with Crippen molar-refractivity contribution in [3.05, 3.63) is 29.3 Å². The Morgan fingerprint density at radius 2 is 2.06 bits per heavy atom. The number of aryl methyl sites for hydroxylation is 1. The van der Waals surface area contributed by atoms with Crippen molar-refractivity contribution in [3.63, 3.8) is 0 Å². The zero-order valence-electron chi connectivity index (χ0n) is 11.4. The van der Waals surface area contributed by atoms with Gasteiger partial charge in [0.1, 0.15) is 5.75 Å². The molecule has 2 N–H and O–H groups in total. The lowest BCUT2D eigenvalue weighted by atomic mass is 10.1. The van der Waals surface area contributed by atoms with Crippen LogP contribution in [0.25, 0.3) is 0 Å². The summed E-state index contributed by atoms with van der Waals surface area (Å²) in [6.45, 7) is 7.63. The predicted molar refractivity (Wildman–Crippen MR) is 70.5 cm³/mol. The van der Waals surface area contributed by atoms with Crippen molar-refractivity contribution < 1.29 is 14.3 Å². The zero-order valence-corrected chi connectivity index (χ0v) is 11.4. The van der Waals surface area contributed by atoms with E-state index in [0.29, 0.717) is 12.4 Å². The van der Waals surface area contributed by atoms with Crippen molar-refractivity contribution in [2.45, 2.75) is 39.8 Å². The first-order valence-corrected chi connectivity index (χ1v) is 6.15. The summed E-state index contributed by atoms with van der Waals surface area (Å²) in [4.78, 5) is 11.5. The van der Waals surface area contributed by atoms with Gasteiger partial charge in [-0.05, 0) is 39.3 Å². The van der Waals surface area contributed by atoms with E-state index in [1.54, 1.807) is 13.8 Å². The number of ether oxygens (including phenoxy) is 2. The van der Waals surface area contributed by atoms with Gasteiger partial charge in [0.2, 0.25) is 0 Å². The van der Waals surface area contributed by atoms with E-state index in [1.807, 2.05) is 32.0 Å². The first-order chi connectivity index (χ1) is 8.45. The maximum Gasteiger partial charge on any atom is 0.347 e. The van der Waals surface area contributed by atoms with Crippen molar-refractivity contribution in [1.29, 1.82) is 0 Å². The number of hydrogen-bond acceptors (Lipinski definition) is 4. The summed E-state index contributed by atoms with van der Waals surface area (Å²) >= 11 is 0. The highest BCUT2D eigenvalue weighted by Gasteiger charge is 2.18. The second-order valence-electron chi connectivity index (χ2n) is 4.34. The lowest BCUT2D eigenvalue weighted by Gasteiger charge is -2.18. The predicted octanol–water partition coefficient (Wildman–Crippen LogP) is 2.35. The molecule has 0 fully saturated rings. The van der Waals surface area contributed by atoms with Crippen LogP contribution < -0.4 is 10.5 Å². The van der Waals surface area contributed by atoms with Gasteiger partial charge in [-0.25, -0.2) is 4.79 Å². The summed E-state index contributed by atoms with van der Waals surface area (Å²) in [6.07, 6.45) is -0.635. The molecule has 0 bridgehead atoms. The minimum atomic E-state index is -0.635. The third-order valence-electron chi connectivity index (χ3n) is 2.58. The minimum Gasteiger partial charge on any atom is -0.479 e. The van der Waals surface area contributed by atoms with E-state index in [-0.39, 0.29) is 12.0 Å². The molecule has 0 saturated heterocycles. The number of nitrogens with two attached hydrogens (primary N) is 1. The standard InChI is InChI=1S/C14H21NO3/c1-5-17-14(16)11(4)18-13-8-9(2)6-7-12(13)10(3)15/h6-8,10-11H,5,15H2,1-4H3. The minimum absolute atomic E-state index is 0.144. The Labute approximate surface area is 108 Å². The third kappa shape index (κ3) is 3.74. The van der Waals surface area contributed by atoms with Gasteiger partial charge in [-0.3, -0.25) is 0 Å². The van der Waals surface area contributed by atoms with Crippen molar-refractivity contribution in [2.24, 2.45) is 5.73 Å². The Morgan fingerprint density at radius 3 is 2.61 bits per heavy atom. The average molecular weight is 251 g/mol. The number of hydrogen-bond donors (Lipinski definition) is 1. The maximum atomic E-state index is 11.5. The molecule has 0 radical (unpaired) electrons. The fourth-order valence-corrected chi connectivity index (χ4v) is 1.62. The summed E-state index contributed by atoms with van der Waals surface area (Å²) in [5, 5.41) is 0. The van der Waals surface area contributed by atoms with E-state index in [1.165, 1.54) is 0 Å². The smallest absolute Gasteiger partial charge is 0.347 e. The Kier molecular flexibility index (Phi) is 5.16. The van der Waals surface area contributed by atoms with E-state index in [2.05, 4.69) is 0 Å². The third-order valence-corrected chi connectivity index (χ3v) is 2.58. The van der Waals surface area contributed by atoms with Gasteiger partial charge >= 0.3 is 5.97 Å². The topological polar surface area (TPSA) is 61.5 Å². The molecule has 1 aromatic rings. The zero-order chi connectivity index (χ0) is 13.7. The van der Waals surface area contributed by atoms with Crippen LogP contribution in [0.4, 0.5) is 0 Å². The summed E-state index contributed by atoms with van der Waals surface area (Å²) in [7, 11) is 0. The molecule has 0 aliphatic carbocycles. The lowest BCUT2D eigenvalue weighted by Crippen LogP contribution is -2.27. The van der Waals surface area contributed by atoms with Crippen LogP contribution in [0.2, 0.25) is 0 Å². The van der Waals surface area contributed by atoms with Gasteiger partial charge < -0.3 is 15.2 Å². The van der Waals surface area contributed by atoms with Gasteiger partial charge in [-0.1, -0.05) is 12.1 Å². The molecule has 0 spiro atoms. The van der Waals surface area contributed by atoms with E-state index in [4.69, 9.17) is 15.2 Å². The molecule has 2 unspecified atom stereocenters. The molecule has 1 rings (SSSR count). The molecule has 0 aliphatic heterocycles. The molecule has 2 atom stereocenters. The Balaban J connectivity index is 2.88. The van der Waals surface area contributed by atoms with Gasteiger partial charge in [0.25, 0.3) is 0 Å². The molecule has 4 heteroatoms. The summed E-state index contributed by atoms with van der Waals surface area (Å²) in [5.41, 5.74) is 7.83. The molecule has 0 aliphatic rings. The van der Waals surface area contributed by atoms with Crippen LogP contribution >= 0.6 is 0 Å². The molecule has 0 aromatic heterocycles. The Hall–Kier alpha value is -1.55. The summed E-state index contributed by atoms with van der Waals surface area (Å²) in [5.74, 6) is 0.278. The number of carbonyl (C=O) groups is 1. The van der Waals surface area contributed by atoms with Gasteiger partial charge in [-0.15, -0.1) is 0 Å². The average Bonchev–Trinajstić information content (AvgIpc) is 2.28. The van der Waals surface area contributed by atoms with Crippen LogP contribution in [-0.2, 0) is 9.53 Å². The van der Waals surface area contributed by atoms with E-state index >= 15 is 0 Å². The van der Waals surface area contributed by atoms with Gasteiger partial charge in [0, 0.05) is 11.6 Å². The number of benzene rings is 1. The molecule has 4 nitrogen and oxygen atoms in total. The van der Waals surface area contributed by atoms with Crippen LogP contribution in [0.3, 0.4) is 0 Å². The van der Waals surface area contributed by atoms with E-state index in [0.717, 1.165) is 11.1 Å². The molecule has 0 amide bonds. The molecule has 0 heterocycles. The highest BCUT2D eigenvalue weighted by Crippen LogP contribution is 2.26. The normalized spacial score (nSPS) is 13.8. The first-order valence-electron chi connectivity index (χ1n) is 6.15. The molecule has 18 heavy (non-hydrogen) atoms. The van der Waals surface area contributed by atoms with E-state index < -0.39 is 6.10 Å². The maximum absolute atomic E-state index is 11.5. The monoisotopic (exact) mass is 251 g/mol. The van der Waals surface area contributed by atoms with Crippen LogP contribution in [0.15, 0.2) is 18.2 Å². The fourth-order valence-electron chi connectivity index (χ4n) is 1.62. The fraction of sp³-hybridized carbons (Fsp3) is 0.500. The van der Waals surface area contributed by atoms with Gasteiger partial charge in [-0.2, -0.15) is 0 Å². The highest BCUT2D eigenvalue weighted by atomic mass is 16.6. The van der Waals surface area contributed by atoms with Gasteiger partial charge in [0.15, 0.2) is 6.10 Å². The molecule has 1 aromatic carbocycles. The SMILES string of the molecule is CCOC(=O)C(C)Oc1cc(C)ccc1C(C)N. The van der Waals surface area contributed by atoms with E-state index in [9.17, 15) is 4.79 Å². The van der Waals surface area contributed by atoms with Crippen molar-refractivity contribution in [1.82, 2.24) is 0 Å². The Bertz CT molecular complexity index is 416. The van der Waals surface area contributed by atoms with Crippen molar-refractivity contribution >= 4 is 5.97 Å². The Morgan fingerprint density at radius 1 is 1.39 bits per heavy atom. The second-order valence-corrected chi connectivity index (χ2v) is 4.34. The van der Waals surface area contributed by atoms with Crippen LogP contribution in [0, 0.1) is 6.92 Å². The number of carbonyl (C=O) groups excluding carboxylic acids is 1. The number of rotatable bonds is 5. The molecular formula is C14H21NO3. The lowest BCUT2D eigenvalue weighted by molar-refractivity contribution is -0.150. The van der Waals surface area contributed by atoms with Crippen LogP contribution in [0.1, 0.15) is 37.9 Å². The molecule has 0 saturated carbocycles. The summed E-state index contributed by atoms with van der Waals surface area (Å²) in [6, 6.07) is 5.64. The van der Waals surface area contributed by atoms with Crippen molar-refractivity contribution in [2.75, 3.05) is 6.61 Å². The quantitative estimate of drug-likeness (QED) is 0.816. The summed E-state index contributed by atoms with van der Waals surface area (Å²) < 4.78 is 10.6. The van der Waals surface area contributed by atoms with Crippen molar-refractivity contribution in [3.8, 4) is 5.75 Å².